The first kappa shape index (κ1) is 16.4. The van der Waals surface area contributed by atoms with Crippen molar-refractivity contribution in [1.29, 1.82) is 0 Å². The molecule has 3 nitrogen and oxygen atoms in total. The smallest absolute Gasteiger partial charge is 0.170 e. The summed E-state index contributed by atoms with van der Waals surface area (Å²) in [5, 5.41) is 5.29. The lowest BCUT2D eigenvalue weighted by Crippen LogP contribution is -2.24. The van der Waals surface area contributed by atoms with Crippen molar-refractivity contribution in [2.45, 2.75) is 33.0 Å². The van der Waals surface area contributed by atoms with Crippen LogP contribution in [0.4, 0.5) is 10.2 Å². The van der Waals surface area contributed by atoms with Gasteiger partial charge in [0.15, 0.2) is 11.6 Å². The van der Waals surface area contributed by atoms with Crippen LogP contribution in [0.3, 0.4) is 0 Å². The van der Waals surface area contributed by atoms with Gasteiger partial charge in [-0.25, -0.2) is 9.37 Å². The third-order valence-corrected chi connectivity index (χ3v) is 4.61. The predicted octanol–water partition coefficient (Wildman–Crippen LogP) is 4.18. The summed E-state index contributed by atoms with van der Waals surface area (Å²) in [5.74, 6) is 0.142. The monoisotopic (exact) mass is 371 g/mol. The molecule has 0 aliphatic heterocycles. The van der Waals surface area contributed by atoms with Gasteiger partial charge in [0.25, 0.3) is 0 Å². The quantitative estimate of drug-likeness (QED) is 0.825. The number of rotatable bonds is 6. The molecule has 114 valence electrons. The molecule has 2 rings (SSSR count). The second kappa shape index (κ2) is 7.33. The SMILES string of the molecule is CC(C)NCc1ccnc(N(C)Cc2csc(Br)c2)c1F. The summed E-state index contributed by atoms with van der Waals surface area (Å²) < 4.78 is 15.6. The highest BCUT2D eigenvalue weighted by atomic mass is 79.9. The minimum Gasteiger partial charge on any atom is -0.353 e. The fourth-order valence-corrected chi connectivity index (χ4v) is 3.17. The number of anilines is 1. The van der Waals surface area contributed by atoms with Gasteiger partial charge in [0.05, 0.1) is 3.79 Å². The second-order valence-electron chi connectivity index (χ2n) is 5.26. The van der Waals surface area contributed by atoms with Gasteiger partial charge in [0.2, 0.25) is 0 Å². The van der Waals surface area contributed by atoms with Gasteiger partial charge in [-0.05, 0) is 39.0 Å². The summed E-state index contributed by atoms with van der Waals surface area (Å²) in [4.78, 5) is 6.02. The van der Waals surface area contributed by atoms with Crippen molar-refractivity contribution in [3.63, 3.8) is 0 Å². The average molecular weight is 372 g/mol. The first-order valence-corrected chi connectivity index (χ1v) is 8.45. The van der Waals surface area contributed by atoms with Crippen LogP contribution in [0.5, 0.6) is 0 Å². The van der Waals surface area contributed by atoms with Crippen molar-refractivity contribution in [3.05, 3.63) is 44.4 Å². The van der Waals surface area contributed by atoms with Crippen LogP contribution < -0.4 is 10.2 Å². The molecule has 0 bridgehead atoms. The highest BCUT2D eigenvalue weighted by Crippen LogP contribution is 2.24. The van der Waals surface area contributed by atoms with E-state index < -0.39 is 0 Å². The number of aromatic nitrogens is 1. The molecule has 0 unspecified atom stereocenters. The highest BCUT2D eigenvalue weighted by molar-refractivity contribution is 9.11. The zero-order valence-electron chi connectivity index (χ0n) is 12.4. The normalized spacial score (nSPS) is 11.1. The Hall–Kier alpha value is -0.980. The van der Waals surface area contributed by atoms with Gasteiger partial charge in [-0.1, -0.05) is 13.8 Å². The van der Waals surface area contributed by atoms with E-state index in [4.69, 9.17) is 0 Å². The summed E-state index contributed by atoms with van der Waals surface area (Å²) in [6, 6.07) is 4.09. The molecule has 2 aromatic heterocycles. The number of hydrogen-bond donors (Lipinski definition) is 1. The van der Waals surface area contributed by atoms with Gasteiger partial charge in [-0.15, -0.1) is 11.3 Å². The zero-order valence-corrected chi connectivity index (χ0v) is 14.8. The third kappa shape index (κ3) is 4.49. The lowest BCUT2D eigenvalue weighted by Gasteiger charge is -2.19. The Labute approximate surface area is 137 Å². The van der Waals surface area contributed by atoms with Crippen LogP contribution >= 0.6 is 27.3 Å². The maximum atomic E-state index is 14.5. The molecular formula is C15H19BrFN3S. The van der Waals surface area contributed by atoms with E-state index in [1.54, 1.807) is 23.6 Å². The molecule has 0 saturated carbocycles. The van der Waals surface area contributed by atoms with Gasteiger partial charge in [0.1, 0.15) is 0 Å². The standard InChI is InChI=1S/C15H19BrFN3S/c1-10(2)19-7-12-4-5-18-15(14(12)17)20(3)8-11-6-13(16)21-9-11/h4-6,9-10,19H,7-8H2,1-3H3. The Morgan fingerprint density at radius 2 is 2.24 bits per heavy atom. The van der Waals surface area contributed by atoms with Gasteiger partial charge < -0.3 is 10.2 Å². The van der Waals surface area contributed by atoms with E-state index in [1.807, 2.05) is 31.9 Å². The Bertz CT molecular complexity index is 600. The van der Waals surface area contributed by atoms with Crippen LogP contribution in [0.15, 0.2) is 27.5 Å². The average Bonchev–Trinajstić information content (AvgIpc) is 2.82. The lowest BCUT2D eigenvalue weighted by atomic mass is 10.2. The molecule has 1 N–H and O–H groups in total. The third-order valence-electron chi connectivity index (χ3n) is 3.05. The van der Waals surface area contributed by atoms with Crippen LogP contribution in [0.25, 0.3) is 0 Å². The molecule has 21 heavy (non-hydrogen) atoms. The van der Waals surface area contributed by atoms with Crippen molar-refractivity contribution >= 4 is 33.1 Å². The molecule has 0 spiro atoms. The van der Waals surface area contributed by atoms with Crippen molar-refractivity contribution in [3.8, 4) is 0 Å². The summed E-state index contributed by atoms with van der Waals surface area (Å²) >= 11 is 5.07. The maximum Gasteiger partial charge on any atom is 0.170 e. The van der Waals surface area contributed by atoms with E-state index in [-0.39, 0.29) is 5.82 Å². The summed E-state index contributed by atoms with van der Waals surface area (Å²) in [7, 11) is 1.86. The summed E-state index contributed by atoms with van der Waals surface area (Å²) in [6.07, 6.45) is 1.66. The number of hydrogen-bond acceptors (Lipinski definition) is 4. The molecule has 0 aliphatic rings. The predicted molar refractivity (Wildman–Crippen MR) is 90.3 cm³/mol. The molecule has 0 fully saturated rings. The highest BCUT2D eigenvalue weighted by Gasteiger charge is 2.14. The van der Waals surface area contributed by atoms with Crippen LogP contribution in [0.1, 0.15) is 25.0 Å². The van der Waals surface area contributed by atoms with E-state index in [0.29, 0.717) is 30.5 Å². The van der Waals surface area contributed by atoms with Crippen molar-refractivity contribution in [1.82, 2.24) is 10.3 Å². The van der Waals surface area contributed by atoms with Crippen LogP contribution in [-0.4, -0.2) is 18.1 Å². The van der Waals surface area contributed by atoms with Crippen LogP contribution in [0.2, 0.25) is 0 Å². The Morgan fingerprint density at radius 3 is 2.86 bits per heavy atom. The number of nitrogens with zero attached hydrogens (tertiary/aromatic N) is 2. The maximum absolute atomic E-state index is 14.5. The number of nitrogens with one attached hydrogen (secondary N) is 1. The summed E-state index contributed by atoms with van der Waals surface area (Å²) in [5.41, 5.74) is 1.79. The van der Waals surface area contributed by atoms with Crippen molar-refractivity contribution in [2.75, 3.05) is 11.9 Å². The lowest BCUT2D eigenvalue weighted by molar-refractivity contribution is 0.548. The molecular weight excluding hydrogens is 353 g/mol. The molecule has 0 radical (unpaired) electrons. The molecule has 0 aromatic carbocycles. The summed E-state index contributed by atoms with van der Waals surface area (Å²) in [6.45, 7) is 5.23. The second-order valence-corrected chi connectivity index (χ2v) is 7.55. The van der Waals surface area contributed by atoms with E-state index in [9.17, 15) is 4.39 Å². The van der Waals surface area contributed by atoms with E-state index in [1.165, 1.54) is 0 Å². The van der Waals surface area contributed by atoms with Gasteiger partial charge >= 0.3 is 0 Å². The first-order valence-electron chi connectivity index (χ1n) is 6.78. The molecule has 6 heteroatoms. The number of pyridine rings is 1. The van der Waals surface area contributed by atoms with E-state index in [2.05, 4.69) is 31.6 Å². The fourth-order valence-electron chi connectivity index (χ4n) is 1.97. The van der Waals surface area contributed by atoms with Gasteiger partial charge in [0, 0.05) is 37.9 Å². The minimum absolute atomic E-state index is 0.248. The van der Waals surface area contributed by atoms with Crippen LogP contribution in [0, 0.1) is 5.82 Å². The topological polar surface area (TPSA) is 28.2 Å². The van der Waals surface area contributed by atoms with Crippen LogP contribution in [-0.2, 0) is 13.1 Å². The molecule has 0 saturated heterocycles. The first-order chi connectivity index (χ1) is 9.97. The molecule has 2 aromatic rings. The number of halogens is 2. The number of thiophene rings is 1. The fraction of sp³-hybridized carbons (Fsp3) is 0.400. The Balaban J connectivity index is 2.13. The van der Waals surface area contributed by atoms with Crippen molar-refractivity contribution < 1.29 is 4.39 Å². The molecule has 0 amide bonds. The Morgan fingerprint density at radius 1 is 1.48 bits per heavy atom. The largest absolute Gasteiger partial charge is 0.353 e. The minimum atomic E-state index is -0.248. The van der Waals surface area contributed by atoms with Gasteiger partial charge in [-0.3, -0.25) is 0 Å². The van der Waals surface area contributed by atoms with Gasteiger partial charge in [-0.2, -0.15) is 0 Å². The van der Waals surface area contributed by atoms with Crippen molar-refractivity contribution in [2.24, 2.45) is 0 Å². The zero-order chi connectivity index (χ0) is 15.4. The molecule has 2 heterocycles. The Kier molecular flexibility index (Phi) is 5.72. The van der Waals surface area contributed by atoms with E-state index in [0.717, 1.165) is 9.35 Å². The molecule has 0 atom stereocenters. The van der Waals surface area contributed by atoms with E-state index >= 15 is 0 Å². The molecule has 0 aliphatic carbocycles.